The minimum absolute atomic E-state index is 0.445. The van der Waals surface area contributed by atoms with Crippen LogP contribution in [0.4, 0.5) is 5.82 Å². The van der Waals surface area contributed by atoms with E-state index in [1.165, 1.54) is 0 Å². The van der Waals surface area contributed by atoms with E-state index >= 15 is 0 Å². The third-order valence-electron chi connectivity index (χ3n) is 3.40. The molecule has 2 N–H and O–H groups in total. The van der Waals surface area contributed by atoms with Crippen molar-refractivity contribution < 1.29 is 13.2 Å². The number of nitrogens with two attached hydrogens (primary N) is 1. The summed E-state index contributed by atoms with van der Waals surface area (Å²) in [6, 6.07) is 3.77. The standard InChI is InChI=1S/C12H19N3O3S/c1-9-3-4-11(18-2)12(14-9)15-7-5-10(6-8-15)19(13,16)17/h3-4,10H,5-8H2,1-2H3,(H2,13,16,17). The van der Waals surface area contributed by atoms with Crippen LogP contribution in [0.5, 0.6) is 5.75 Å². The summed E-state index contributed by atoms with van der Waals surface area (Å²) in [4.78, 5) is 6.52. The Bertz CT molecular complexity index is 551. The first-order chi connectivity index (χ1) is 8.91. The van der Waals surface area contributed by atoms with Gasteiger partial charge in [0.15, 0.2) is 11.6 Å². The monoisotopic (exact) mass is 285 g/mol. The van der Waals surface area contributed by atoms with Gasteiger partial charge in [-0.05, 0) is 31.9 Å². The Kier molecular flexibility index (Phi) is 3.96. The molecule has 7 heteroatoms. The molecule has 0 radical (unpaired) electrons. The maximum Gasteiger partial charge on any atom is 0.212 e. The van der Waals surface area contributed by atoms with Crippen molar-refractivity contribution in [1.29, 1.82) is 0 Å². The molecule has 0 spiro atoms. The number of aromatic nitrogens is 1. The van der Waals surface area contributed by atoms with E-state index in [2.05, 4.69) is 4.98 Å². The predicted molar refractivity (Wildman–Crippen MR) is 73.9 cm³/mol. The molecule has 1 aliphatic heterocycles. The SMILES string of the molecule is COc1ccc(C)nc1N1CCC(S(N)(=O)=O)CC1. The highest BCUT2D eigenvalue weighted by Gasteiger charge is 2.28. The summed E-state index contributed by atoms with van der Waals surface area (Å²) in [5.41, 5.74) is 0.907. The average Bonchev–Trinajstić information content (AvgIpc) is 2.38. The van der Waals surface area contributed by atoms with E-state index in [1.54, 1.807) is 7.11 Å². The van der Waals surface area contributed by atoms with E-state index in [-0.39, 0.29) is 0 Å². The smallest absolute Gasteiger partial charge is 0.212 e. The van der Waals surface area contributed by atoms with Gasteiger partial charge in [-0.2, -0.15) is 0 Å². The van der Waals surface area contributed by atoms with Gasteiger partial charge in [-0.1, -0.05) is 0 Å². The molecule has 1 saturated heterocycles. The average molecular weight is 285 g/mol. The Morgan fingerprint density at radius 2 is 2.00 bits per heavy atom. The fourth-order valence-electron chi connectivity index (χ4n) is 2.31. The molecule has 1 fully saturated rings. The number of rotatable bonds is 3. The number of hydrogen-bond acceptors (Lipinski definition) is 5. The van der Waals surface area contributed by atoms with Crippen LogP contribution in [-0.4, -0.2) is 38.9 Å². The van der Waals surface area contributed by atoms with Gasteiger partial charge in [0.2, 0.25) is 10.0 Å². The number of methoxy groups -OCH3 is 1. The summed E-state index contributed by atoms with van der Waals surface area (Å²) in [6.45, 7) is 3.15. The first-order valence-corrected chi connectivity index (χ1v) is 7.81. The summed E-state index contributed by atoms with van der Waals surface area (Å²) in [6.07, 6.45) is 1.05. The molecular formula is C12H19N3O3S. The molecule has 0 bridgehead atoms. The van der Waals surface area contributed by atoms with Crippen LogP contribution in [0.3, 0.4) is 0 Å². The van der Waals surface area contributed by atoms with E-state index < -0.39 is 15.3 Å². The predicted octanol–water partition coefficient (Wildman–Crippen LogP) is 0.656. The first-order valence-electron chi connectivity index (χ1n) is 6.20. The largest absolute Gasteiger partial charge is 0.493 e. The van der Waals surface area contributed by atoms with Crippen LogP contribution in [0.1, 0.15) is 18.5 Å². The lowest BCUT2D eigenvalue weighted by molar-refractivity contribution is 0.410. The number of hydrogen-bond donors (Lipinski definition) is 1. The maximum absolute atomic E-state index is 11.3. The Balaban J connectivity index is 2.16. The third kappa shape index (κ3) is 3.16. The zero-order valence-corrected chi connectivity index (χ0v) is 12.0. The van der Waals surface area contributed by atoms with Gasteiger partial charge in [-0.3, -0.25) is 0 Å². The summed E-state index contributed by atoms with van der Waals surface area (Å²) in [5.74, 6) is 1.48. The Hall–Kier alpha value is -1.34. The minimum atomic E-state index is -3.43. The number of nitrogens with zero attached hydrogens (tertiary/aromatic N) is 2. The summed E-state index contributed by atoms with van der Waals surface area (Å²) >= 11 is 0. The molecule has 0 atom stereocenters. The summed E-state index contributed by atoms with van der Waals surface area (Å²) in [5, 5.41) is 4.74. The zero-order chi connectivity index (χ0) is 14.0. The molecule has 0 aromatic carbocycles. The van der Waals surface area contributed by atoms with E-state index in [4.69, 9.17) is 9.88 Å². The van der Waals surface area contributed by atoms with Gasteiger partial charge in [0.1, 0.15) is 0 Å². The second kappa shape index (κ2) is 5.34. The van der Waals surface area contributed by atoms with Gasteiger partial charge < -0.3 is 9.64 Å². The van der Waals surface area contributed by atoms with Gasteiger partial charge in [0, 0.05) is 18.8 Å². The Morgan fingerprint density at radius 1 is 1.37 bits per heavy atom. The quantitative estimate of drug-likeness (QED) is 0.881. The molecule has 19 heavy (non-hydrogen) atoms. The highest BCUT2D eigenvalue weighted by molar-refractivity contribution is 7.89. The molecule has 0 saturated carbocycles. The van der Waals surface area contributed by atoms with Crippen molar-refractivity contribution in [1.82, 2.24) is 4.98 Å². The van der Waals surface area contributed by atoms with Gasteiger partial charge in [0.05, 0.1) is 12.4 Å². The normalized spacial score (nSPS) is 17.5. The van der Waals surface area contributed by atoms with E-state index in [9.17, 15) is 8.42 Å². The molecular weight excluding hydrogens is 266 g/mol. The second-order valence-corrected chi connectivity index (χ2v) is 6.60. The van der Waals surface area contributed by atoms with Gasteiger partial charge >= 0.3 is 0 Å². The topological polar surface area (TPSA) is 85.5 Å². The molecule has 106 valence electrons. The minimum Gasteiger partial charge on any atom is -0.493 e. The van der Waals surface area contributed by atoms with Crippen LogP contribution in [0.15, 0.2) is 12.1 Å². The number of anilines is 1. The number of sulfonamides is 1. The lowest BCUT2D eigenvalue weighted by Crippen LogP contribution is -2.42. The summed E-state index contributed by atoms with van der Waals surface area (Å²) in [7, 11) is -1.83. The highest BCUT2D eigenvalue weighted by Crippen LogP contribution is 2.29. The van der Waals surface area contributed by atoms with Gasteiger partial charge in [-0.15, -0.1) is 0 Å². The van der Waals surface area contributed by atoms with Gasteiger partial charge in [0.25, 0.3) is 0 Å². The van der Waals surface area contributed by atoms with Crippen molar-refractivity contribution in [2.24, 2.45) is 5.14 Å². The Labute approximate surface area is 113 Å². The zero-order valence-electron chi connectivity index (χ0n) is 11.2. The number of ether oxygens (including phenoxy) is 1. The number of pyridine rings is 1. The van der Waals surface area contributed by atoms with E-state index in [0.29, 0.717) is 31.7 Å². The fourth-order valence-corrected chi connectivity index (χ4v) is 3.18. The lowest BCUT2D eigenvalue weighted by Gasteiger charge is -2.32. The molecule has 0 unspecified atom stereocenters. The molecule has 1 aliphatic rings. The number of piperidine rings is 1. The van der Waals surface area contributed by atoms with Crippen LogP contribution >= 0.6 is 0 Å². The molecule has 1 aromatic rings. The number of primary sulfonamides is 1. The molecule has 0 aliphatic carbocycles. The maximum atomic E-state index is 11.3. The van der Waals surface area contributed by atoms with Crippen LogP contribution in [-0.2, 0) is 10.0 Å². The molecule has 0 amide bonds. The fraction of sp³-hybridized carbons (Fsp3) is 0.583. The highest BCUT2D eigenvalue weighted by atomic mass is 32.2. The summed E-state index contributed by atoms with van der Waals surface area (Å²) < 4.78 is 28.0. The first kappa shape index (κ1) is 14.1. The van der Waals surface area contributed by atoms with Crippen molar-refractivity contribution in [3.05, 3.63) is 17.8 Å². The van der Waals surface area contributed by atoms with Crippen molar-refractivity contribution in [3.63, 3.8) is 0 Å². The molecule has 1 aromatic heterocycles. The number of aryl methyl sites for hydroxylation is 1. The van der Waals surface area contributed by atoms with Crippen molar-refractivity contribution in [2.75, 3.05) is 25.1 Å². The molecule has 2 rings (SSSR count). The van der Waals surface area contributed by atoms with Crippen molar-refractivity contribution in [3.8, 4) is 5.75 Å². The van der Waals surface area contributed by atoms with Crippen LogP contribution in [0.2, 0.25) is 0 Å². The molecule has 6 nitrogen and oxygen atoms in total. The van der Waals surface area contributed by atoms with Crippen LogP contribution < -0.4 is 14.8 Å². The van der Waals surface area contributed by atoms with Crippen LogP contribution in [0, 0.1) is 6.92 Å². The van der Waals surface area contributed by atoms with Gasteiger partial charge in [-0.25, -0.2) is 18.5 Å². The Morgan fingerprint density at radius 3 is 2.53 bits per heavy atom. The van der Waals surface area contributed by atoms with Crippen LogP contribution in [0.25, 0.3) is 0 Å². The van der Waals surface area contributed by atoms with Crippen molar-refractivity contribution in [2.45, 2.75) is 25.0 Å². The van der Waals surface area contributed by atoms with E-state index in [1.807, 2.05) is 24.0 Å². The third-order valence-corrected chi connectivity index (χ3v) is 4.81. The molecule has 2 heterocycles. The lowest BCUT2D eigenvalue weighted by atomic mass is 10.1. The van der Waals surface area contributed by atoms with Crippen molar-refractivity contribution >= 4 is 15.8 Å². The second-order valence-electron chi connectivity index (χ2n) is 4.75. The van der Waals surface area contributed by atoms with E-state index in [0.717, 1.165) is 11.5 Å².